The molecule has 0 aliphatic heterocycles. The number of methoxy groups -OCH3 is 2. The number of nitrogens with one attached hydrogen (secondary N) is 1. The second-order valence-corrected chi connectivity index (χ2v) is 7.64. The number of rotatable bonds is 8. The van der Waals surface area contributed by atoms with Gasteiger partial charge in [-0.1, -0.05) is 12.1 Å². The molecule has 0 atom stereocenters. The molecule has 2 aromatic rings. The number of amides is 1. The molecule has 28 heavy (non-hydrogen) atoms. The van der Waals surface area contributed by atoms with Gasteiger partial charge in [0.05, 0.1) is 27.0 Å². The van der Waals surface area contributed by atoms with Crippen LogP contribution in [0.3, 0.4) is 0 Å². The maximum absolute atomic E-state index is 12.8. The van der Waals surface area contributed by atoms with Crippen LogP contribution in [0.5, 0.6) is 11.5 Å². The number of ether oxygens (including phenoxy) is 2. The Morgan fingerprint density at radius 2 is 1.86 bits per heavy atom. The van der Waals surface area contributed by atoms with Crippen LogP contribution >= 0.6 is 0 Å². The van der Waals surface area contributed by atoms with Crippen LogP contribution in [-0.2, 0) is 14.8 Å². The van der Waals surface area contributed by atoms with Crippen molar-refractivity contribution in [3.05, 3.63) is 53.8 Å². The average Bonchev–Trinajstić information content (AvgIpc) is 2.68. The number of hydrogen-bond acceptors (Lipinski definition) is 6. The maximum atomic E-state index is 12.8. The molecule has 0 heterocycles. The highest BCUT2D eigenvalue weighted by molar-refractivity contribution is 7.89. The quantitative estimate of drug-likeness (QED) is 0.528. The Kier molecular flexibility index (Phi) is 7.07. The minimum absolute atomic E-state index is 0.125. The monoisotopic (exact) mass is 409 g/mol. The molecule has 0 bridgehead atoms. The number of sulfonamides is 1. The summed E-state index contributed by atoms with van der Waals surface area (Å²) in [6.45, 7) is -0.469. The van der Waals surface area contributed by atoms with Crippen molar-refractivity contribution in [1.82, 2.24) is 9.73 Å². The fourth-order valence-electron chi connectivity index (χ4n) is 2.20. The average molecular weight is 409 g/mol. The zero-order chi connectivity index (χ0) is 20.7. The van der Waals surface area contributed by atoms with Crippen LogP contribution in [-0.4, -0.2) is 52.7 Å². The third-order valence-electron chi connectivity index (χ3n) is 3.70. The van der Waals surface area contributed by atoms with E-state index in [0.717, 1.165) is 4.31 Å². The van der Waals surface area contributed by atoms with Gasteiger partial charge in [-0.2, -0.15) is 9.41 Å². The molecule has 2 rings (SSSR count). The predicted octanol–water partition coefficient (Wildman–Crippen LogP) is 1.61. The molecule has 0 radical (unpaired) electrons. The molecule has 1 N–H and O–H groups in total. The van der Waals surface area contributed by atoms with Crippen molar-refractivity contribution in [2.24, 2.45) is 5.10 Å². The molecule has 2 aromatic carbocycles. The van der Waals surface area contributed by atoms with Crippen molar-refractivity contribution in [2.45, 2.75) is 4.90 Å². The SMILES string of the molecule is COc1ccc(OC)c(S(=O)(=O)N(C)CC(=O)N/N=C\c2ccc(F)cc2)c1. The summed E-state index contributed by atoms with van der Waals surface area (Å²) in [5.74, 6) is -0.573. The van der Waals surface area contributed by atoms with E-state index in [0.29, 0.717) is 11.3 Å². The van der Waals surface area contributed by atoms with Crippen LogP contribution in [0.1, 0.15) is 5.56 Å². The maximum Gasteiger partial charge on any atom is 0.255 e. The molecular formula is C18H20FN3O5S. The number of carbonyl (C=O) groups excluding carboxylic acids is 1. The first-order valence-corrected chi connectivity index (χ1v) is 9.47. The molecule has 0 aliphatic rings. The van der Waals surface area contributed by atoms with Crippen molar-refractivity contribution < 1.29 is 27.1 Å². The number of carbonyl (C=O) groups is 1. The van der Waals surface area contributed by atoms with Gasteiger partial charge in [0.1, 0.15) is 22.2 Å². The summed E-state index contributed by atoms with van der Waals surface area (Å²) < 4.78 is 49.4. The Morgan fingerprint density at radius 1 is 1.18 bits per heavy atom. The second kappa shape index (κ2) is 9.29. The molecule has 0 aromatic heterocycles. The molecule has 0 aliphatic carbocycles. The molecule has 0 saturated carbocycles. The van der Waals surface area contributed by atoms with Crippen LogP contribution in [0.2, 0.25) is 0 Å². The minimum Gasteiger partial charge on any atom is -0.497 e. The number of halogens is 1. The summed E-state index contributed by atoms with van der Waals surface area (Å²) in [7, 11) is 0.000173. The first kappa shape index (κ1) is 21.3. The number of hydrogen-bond donors (Lipinski definition) is 1. The standard InChI is InChI=1S/C18H20FN3O5S/c1-22(12-18(23)21-20-11-13-4-6-14(19)7-5-13)28(24,25)17-10-15(26-2)8-9-16(17)27-3/h4-11H,12H2,1-3H3,(H,21,23)/b20-11-. The van der Waals surface area contributed by atoms with Gasteiger partial charge in [-0.15, -0.1) is 0 Å². The Bertz CT molecular complexity index is 962. The van der Waals surface area contributed by atoms with Crippen LogP contribution < -0.4 is 14.9 Å². The number of nitrogens with zero attached hydrogens (tertiary/aromatic N) is 2. The van der Waals surface area contributed by atoms with Crippen molar-refractivity contribution in [2.75, 3.05) is 27.8 Å². The molecule has 0 fully saturated rings. The lowest BCUT2D eigenvalue weighted by molar-refractivity contribution is -0.121. The largest absolute Gasteiger partial charge is 0.497 e. The van der Waals surface area contributed by atoms with Crippen LogP contribution in [0, 0.1) is 5.82 Å². The van der Waals surface area contributed by atoms with Gasteiger partial charge < -0.3 is 9.47 Å². The zero-order valence-corrected chi connectivity index (χ0v) is 16.4. The molecule has 1 amide bonds. The summed E-state index contributed by atoms with van der Waals surface area (Å²) in [6.07, 6.45) is 1.32. The Balaban J connectivity index is 2.07. The Hall–Kier alpha value is -2.98. The third-order valence-corrected chi connectivity index (χ3v) is 5.52. The van der Waals surface area contributed by atoms with Crippen molar-refractivity contribution in [3.8, 4) is 11.5 Å². The van der Waals surface area contributed by atoms with E-state index in [9.17, 15) is 17.6 Å². The van der Waals surface area contributed by atoms with E-state index in [-0.39, 0.29) is 16.5 Å². The van der Waals surface area contributed by atoms with Gasteiger partial charge in [-0.25, -0.2) is 18.2 Å². The van der Waals surface area contributed by atoms with Gasteiger partial charge in [0.15, 0.2) is 0 Å². The summed E-state index contributed by atoms with van der Waals surface area (Å²) in [4.78, 5) is 11.9. The fraction of sp³-hybridized carbons (Fsp3) is 0.222. The number of hydrazone groups is 1. The zero-order valence-electron chi connectivity index (χ0n) is 15.5. The van der Waals surface area contributed by atoms with E-state index >= 15 is 0 Å². The summed E-state index contributed by atoms with van der Waals surface area (Å²) in [6, 6.07) is 9.82. The molecule has 8 nitrogen and oxygen atoms in total. The van der Waals surface area contributed by atoms with E-state index in [2.05, 4.69) is 10.5 Å². The van der Waals surface area contributed by atoms with Gasteiger partial charge >= 0.3 is 0 Å². The number of benzene rings is 2. The highest BCUT2D eigenvalue weighted by Gasteiger charge is 2.27. The second-order valence-electron chi connectivity index (χ2n) is 5.62. The smallest absolute Gasteiger partial charge is 0.255 e. The van der Waals surface area contributed by atoms with Crippen molar-refractivity contribution in [3.63, 3.8) is 0 Å². The van der Waals surface area contributed by atoms with Gasteiger partial charge in [0.2, 0.25) is 10.0 Å². The molecule has 150 valence electrons. The molecule has 0 saturated heterocycles. The van der Waals surface area contributed by atoms with E-state index < -0.39 is 22.5 Å². The van der Waals surface area contributed by atoms with Gasteiger partial charge in [0, 0.05) is 13.1 Å². The number of likely N-dealkylation sites (N-methyl/N-ethyl adjacent to an activating group) is 1. The summed E-state index contributed by atoms with van der Waals surface area (Å²) in [5, 5.41) is 3.73. The minimum atomic E-state index is -4.02. The molecule has 0 spiro atoms. The van der Waals surface area contributed by atoms with Crippen molar-refractivity contribution >= 4 is 22.1 Å². The summed E-state index contributed by atoms with van der Waals surface area (Å²) >= 11 is 0. The van der Waals surface area contributed by atoms with E-state index in [4.69, 9.17) is 9.47 Å². The first-order chi connectivity index (χ1) is 13.3. The first-order valence-electron chi connectivity index (χ1n) is 8.03. The lowest BCUT2D eigenvalue weighted by Gasteiger charge is -2.18. The molecular weight excluding hydrogens is 389 g/mol. The molecule has 10 heteroatoms. The Labute approximate surface area is 162 Å². The van der Waals surface area contributed by atoms with Gasteiger partial charge in [-0.05, 0) is 29.8 Å². The molecule has 0 unspecified atom stereocenters. The van der Waals surface area contributed by atoms with E-state index in [1.807, 2.05) is 0 Å². The lowest BCUT2D eigenvalue weighted by Crippen LogP contribution is -2.36. The van der Waals surface area contributed by atoms with Crippen LogP contribution in [0.4, 0.5) is 4.39 Å². The van der Waals surface area contributed by atoms with Gasteiger partial charge in [-0.3, -0.25) is 4.79 Å². The highest BCUT2D eigenvalue weighted by atomic mass is 32.2. The normalized spacial score (nSPS) is 11.6. The van der Waals surface area contributed by atoms with Crippen molar-refractivity contribution in [1.29, 1.82) is 0 Å². The third kappa shape index (κ3) is 5.27. The predicted molar refractivity (Wildman–Crippen MR) is 101 cm³/mol. The highest BCUT2D eigenvalue weighted by Crippen LogP contribution is 2.30. The Morgan fingerprint density at radius 3 is 2.46 bits per heavy atom. The topological polar surface area (TPSA) is 97.3 Å². The van der Waals surface area contributed by atoms with Crippen LogP contribution in [0.15, 0.2) is 52.5 Å². The van der Waals surface area contributed by atoms with Gasteiger partial charge in [0.25, 0.3) is 5.91 Å². The van der Waals surface area contributed by atoms with E-state index in [1.54, 1.807) is 6.07 Å². The van der Waals surface area contributed by atoms with E-state index in [1.165, 1.54) is 63.9 Å². The lowest BCUT2D eigenvalue weighted by atomic mass is 10.2. The fourth-order valence-corrected chi connectivity index (χ4v) is 3.50. The van der Waals surface area contributed by atoms with Crippen LogP contribution in [0.25, 0.3) is 0 Å². The summed E-state index contributed by atoms with van der Waals surface area (Å²) in [5.41, 5.74) is 2.80.